The molecule has 1 N–H and O–H groups in total. The van der Waals surface area contributed by atoms with Crippen LogP contribution in [-0.4, -0.2) is 38.7 Å². The van der Waals surface area contributed by atoms with E-state index in [0.717, 1.165) is 19.4 Å². The van der Waals surface area contributed by atoms with Gasteiger partial charge >= 0.3 is 11.9 Å². The Bertz CT molecular complexity index is 218. The molecule has 5 nitrogen and oxygen atoms in total. The van der Waals surface area contributed by atoms with Gasteiger partial charge in [-0.2, -0.15) is 0 Å². The maximum Gasteiger partial charge on any atom is 0.322 e. The summed E-state index contributed by atoms with van der Waals surface area (Å²) in [5.41, 5.74) is 0. The molecular formula is C11H21NO4. The fraction of sp³-hybridized carbons (Fsp3) is 0.818. The minimum atomic E-state index is -0.421. The maximum absolute atomic E-state index is 11.4. The molecule has 0 amide bonds. The molecule has 0 saturated heterocycles. The van der Waals surface area contributed by atoms with Crippen molar-refractivity contribution < 1.29 is 19.1 Å². The van der Waals surface area contributed by atoms with Crippen molar-refractivity contribution in [2.45, 2.75) is 38.6 Å². The summed E-state index contributed by atoms with van der Waals surface area (Å²) in [6, 6.07) is -0.421. The van der Waals surface area contributed by atoms with Crippen molar-refractivity contribution >= 4 is 11.9 Å². The summed E-state index contributed by atoms with van der Waals surface area (Å²) in [5.74, 6) is -0.647. The van der Waals surface area contributed by atoms with Gasteiger partial charge in [-0.1, -0.05) is 13.3 Å². The quantitative estimate of drug-likeness (QED) is 0.496. The summed E-state index contributed by atoms with van der Waals surface area (Å²) in [7, 11) is 2.68. The van der Waals surface area contributed by atoms with Crippen molar-refractivity contribution in [3.8, 4) is 0 Å². The second-order valence-corrected chi connectivity index (χ2v) is 3.50. The van der Waals surface area contributed by atoms with Gasteiger partial charge in [-0.25, -0.2) is 0 Å². The highest BCUT2D eigenvalue weighted by molar-refractivity contribution is 5.77. The molecule has 0 aromatic carbocycles. The third kappa shape index (κ3) is 6.40. The number of carbonyl (C=O) groups is 2. The first-order chi connectivity index (χ1) is 7.65. The molecule has 0 radical (unpaired) electrons. The van der Waals surface area contributed by atoms with Crippen LogP contribution in [-0.2, 0) is 19.1 Å². The average Bonchev–Trinajstić information content (AvgIpc) is 2.32. The Labute approximate surface area is 96.5 Å². The minimum Gasteiger partial charge on any atom is -0.469 e. The number of hydrogen-bond acceptors (Lipinski definition) is 5. The Balaban J connectivity index is 4.00. The Kier molecular flexibility index (Phi) is 8.52. The first-order valence-electron chi connectivity index (χ1n) is 5.53. The lowest BCUT2D eigenvalue weighted by Gasteiger charge is -2.15. The SMILES string of the molecule is CCCCNC(CCC(=O)OC)C(=O)OC. The molecule has 0 aliphatic rings. The molecule has 94 valence electrons. The molecule has 0 saturated carbocycles. The smallest absolute Gasteiger partial charge is 0.322 e. The number of rotatable bonds is 8. The number of methoxy groups -OCH3 is 2. The van der Waals surface area contributed by atoms with Crippen LogP contribution < -0.4 is 5.32 Å². The first-order valence-corrected chi connectivity index (χ1v) is 5.53. The standard InChI is InChI=1S/C11H21NO4/c1-4-5-8-12-9(11(14)16-3)6-7-10(13)15-2/h9,12H,4-8H2,1-3H3. The van der Waals surface area contributed by atoms with Crippen molar-refractivity contribution in [3.63, 3.8) is 0 Å². The van der Waals surface area contributed by atoms with E-state index < -0.39 is 6.04 Å². The van der Waals surface area contributed by atoms with Crippen LogP contribution in [0.5, 0.6) is 0 Å². The Morgan fingerprint density at radius 2 is 1.94 bits per heavy atom. The van der Waals surface area contributed by atoms with Crippen molar-refractivity contribution in [3.05, 3.63) is 0 Å². The number of unbranched alkanes of at least 4 members (excludes halogenated alkanes) is 1. The van der Waals surface area contributed by atoms with Gasteiger partial charge in [-0.05, 0) is 19.4 Å². The van der Waals surface area contributed by atoms with E-state index in [1.165, 1.54) is 14.2 Å². The first kappa shape index (κ1) is 14.9. The van der Waals surface area contributed by atoms with Crippen molar-refractivity contribution in [2.24, 2.45) is 0 Å². The number of carbonyl (C=O) groups excluding carboxylic acids is 2. The lowest BCUT2D eigenvalue weighted by atomic mass is 10.1. The molecule has 16 heavy (non-hydrogen) atoms. The fourth-order valence-corrected chi connectivity index (χ4v) is 1.26. The number of hydrogen-bond donors (Lipinski definition) is 1. The molecule has 1 unspecified atom stereocenters. The van der Waals surface area contributed by atoms with Gasteiger partial charge in [0.25, 0.3) is 0 Å². The van der Waals surface area contributed by atoms with Gasteiger partial charge in [0.15, 0.2) is 0 Å². The predicted octanol–water partition coefficient (Wildman–Crippen LogP) is 0.871. The van der Waals surface area contributed by atoms with Crippen LogP contribution >= 0.6 is 0 Å². The van der Waals surface area contributed by atoms with Crippen molar-refractivity contribution in [1.29, 1.82) is 0 Å². The van der Waals surface area contributed by atoms with E-state index in [0.29, 0.717) is 6.42 Å². The van der Waals surface area contributed by atoms with E-state index in [9.17, 15) is 9.59 Å². The molecule has 0 aromatic rings. The summed E-state index contributed by atoms with van der Waals surface area (Å²) in [5, 5.41) is 3.07. The second kappa shape index (κ2) is 9.15. The van der Waals surface area contributed by atoms with Crippen LogP contribution in [0.25, 0.3) is 0 Å². The zero-order chi connectivity index (χ0) is 12.4. The van der Waals surface area contributed by atoms with Crippen molar-refractivity contribution in [1.82, 2.24) is 5.32 Å². The molecule has 5 heteroatoms. The van der Waals surface area contributed by atoms with Gasteiger partial charge in [0.05, 0.1) is 14.2 Å². The second-order valence-electron chi connectivity index (χ2n) is 3.50. The van der Waals surface area contributed by atoms with Gasteiger partial charge in [-0.3, -0.25) is 9.59 Å². The third-order valence-corrected chi connectivity index (χ3v) is 2.27. The molecule has 1 atom stereocenters. The van der Waals surface area contributed by atoms with E-state index in [1.807, 2.05) is 0 Å². The number of ether oxygens (including phenoxy) is 2. The summed E-state index contributed by atoms with van der Waals surface area (Å²) in [4.78, 5) is 22.3. The predicted molar refractivity (Wildman–Crippen MR) is 60.0 cm³/mol. The lowest BCUT2D eigenvalue weighted by molar-refractivity contribution is -0.144. The van der Waals surface area contributed by atoms with E-state index in [4.69, 9.17) is 0 Å². The topological polar surface area (TPSA) is 64.6 Å². The Morgan fingerprint density at radius 3 is 2.44 bits per heavy atom. The number of esters is 2. The van der Waals surface area contributed by atoms with Gasteiger partial charge in [0.2, 0.25) is 0 Å². The lowest BCUT2D eigenvalue weighted by Crippen LogP contribution is -2.38. The minimum absolute atomic E-state index is 0.218. The van der Waals surface area contributed by atoms with E-state index in [-0.39, 0.29) is 18.4 Å². The van der Waals surface area contributed by atoms with Crippen LogP contribution in [0.1, 0.15) is 32.6 Å². The summed E-state index contributed by atoms with van der Waals surface area (Å²) >= 11 is 0. The van der Waals surface area contributed by atoms with Gasteiger partial charge in [0.1, 0.15) is 6.04 Å². The van der Waals surface area contributed by atoms with Crippen LogP contribution in [0.15, 0.2) is 0 Å². The van der Waals surface area contributed by atoms with Gasteiger partial charge < -0.3 is 14.8 Å². The van der Waals surface area contributed by atoms with E-state index >= 15 is 0 Å². The molecule has 0 spiro atoms. The normalized spacial score (nSPS) is 11.9. The zero-order valence-electron chi connectivity index (χ0n) is 10.2. The zero-order valence-corrected chi connectivity index (χ0v) is 10.2. The number of nitrogens with one attached hydrogen (secondary N) is 1. The molecule has 0 heterocycles. The molecule has 0 fully saturated rings. The largest absolute Gasteiger partial charge is 0.469 e. The van der Waals surface area contributed by atoms with Gasteiger partial charge in [0, 0.05) is 6.42 Å². The Morgan fingerprint density at radius 1 is 1.25 bits per heavy atom. The highest BCUT2D eigenvalue weighted by Crippen LogP contribution is 2.01. The molecule has 0 rings (SSSR count). The van der Waals surface area contributed by atoms with Crippen LogP contribution in [0.2, 0.25) is 0 Å². The summed E-state index contributed by atoms with van der Waals surface area (Å²) in [6.07, 6.45) is 2.67. The summed E-state index contributed by atoms with van der Waals surface area (Å²) < 4.78 is 9.18. The maximum atomic E-state index is 11.4. The molecule has 0 aliphatic carbocycles. The summed E-state index contributed by atoms with van der Waals surface area (Å²) in [6.45, 7) is 2.82. The highest BCUT2D eigenvalue weighted by atomic mass is 16.5. The van der Waals surface area contributed by atoms with Crippen LogP contribution in [0, 0.1) is 0 Å². The highest BCUT2D eigenvalue weighted by Gasteiger charge is 2.19. The van der Waals surface area contributed by atoms with E-state index in [2.05, 4.69) is 21.7 Å². The monoisotopic (exact) mass is 231 g/mol. The third-order valence-electron chi connectivity index (χ3n) is 2.27. The fourth-order valence-electron chi connectivity index (χ4n) is 1.26. The molecule has 0 aliphatic heterocycles. The van der Waals surface area contributed by atoms with Crippen molar-refractivity contribution in [2.75, 3.05) is 20.8 Å². The Hall–Kier alpha value is -1.10. The van der Waals surface area contributed by atoms with Gasteiger partial charge in [-0.15, -0.1) is 0 Å². The molecule has 0 bridgehead atoms. The van der Waals surface area contributed by atoms with E-state index in [1.54, 1.807) is 0 Å². The molecular weight excluding hydrogens is 210 g/mol. The van der Waals surface area contributed by atoms with Crippen LogP contribution in [0.4, 0.5) is 0 Å². The average molecular weight is 231 g/mol. The van der Waals surface area contributed by atoms with Crippen LogP contribution in [0.3, 0.4) is 0 Å². The molecule has 0 aromatic heterocycles.